The van der Waals surface area contributed by atoms with E-state index in [9.17, 15) is 15.0 Å². The highest BCUT2D eigenvalue weighted by Crippen LogP contribution is 2.35. The molecule has 0 aromatic carbocycles. The van der Waals surface area contributed by atoms with Crippen LogP contribution in [0.25, 0.3) is 0 Å². The van der Waals surface area contributed by atoms with Gasteiger partial charge in [-0.05, 0) is 19.3 Å². The Morgan fingerprint density at radius 2 is 2.11 bits per heavy atom. The molecule has 0 saturated heterocycles. The molecule has 1 amide bonds. The molecule has 2 aliphatic rings. The van der Waals surface area contributed by atoms with E-state index in [1.54, 1.807) is 0 Å². The standard InChI is InChI=1S/C11H17N5O3/c12-11-15(6-18)10(19)8-9(13-4-14(8)5-17)16(11)7-2-1-3-7/h4,7,11,17-18H,1-3,5-6,12H2. The Morgan fingerprint density at radius 1 is 1.37 bits per heavy atom. The lowest BCUT2D eigenvalue weighted by Gasteiger charge is -2.47. The Labute approximate surface area is 110 Å². The van der Waals surface area contributed by atoms with Crippen LogP contribution in [-0.4, -0.2) is 49.6 Å². The van der Waals surface area contributed by atoms with Gasteiger partial charge in [-0.15, -0.1) is 0 Å². The van der Waals surface area contributed by atoms with E-state index in [1.807, 2.05) is 4.90 Å². The Hall–Kier alpha value is -1.64. The molecule has 19 heavy (non-hydrogen) atoms. The molecule has 1 unspecified atom stereocenters. The Kier molecular flexibility index (Phi) is 2.92. The van der Waals surface area contributed by atoms with Gasteiger partial charge in [0.15, 0.2) is 17.8 Å². The second kappa shape index (κ2) is 4.48. The van der Waals surface area contributed by atoms with E-state index in [2.05, 4.69) is 4.98 Å². The van der Waals surface area contributed by atoms with Gasteiger partial charge in [-0.3, -0.25) is 15.4 Å². The lowest BCUT2D eigenvalue weighted by molar-refractivity contribution is 0.0332. The van der Waals surface area contributed by atoms with Gasteiger partial charge in [0, 0.05) is 6.04 Å². The Morgan fingerprint density at radius 3 is 2.63 bits per heavy atom. The van der Waals surface area contributed by atoms with Gasteiger partial charge in [-0.2, -0.15) is 0 Å². The fraction of sp³-hybridized carbons (Fsp3) is 0.636. The summed E-state index contributed by atoms with van der Waals surface area (Å²) in [5.74, 6) is 0.0908. The molecular formula is C11H17N5O3. The van der Waals surface area contributed by atoms with Gasteiger partial charge in [0.2, 0.25) is 0 Å². The lowest BCUT2D eigenvalue weighted by atomic mass is 9.91. The molecule has 1 aromatic heterocycles. The van der Waals surface area contributed by atoms with Gasteiger partial charge >= 0.3 is 0 Å². The van der Waals surface area contributed by atoms with Crippen molar-refractivity contribution in [2.24, 2.45) is 5.73 Å². The second-order valence-corrected chi connectivity index (χ2v) is 4.85. The van der Waals surface area contributed by atoms with Crippen LogP contribution in [0.15, 0.2) is 6.33 Å². The highest BCUT2D eigenvalue weighted by molar-refractivity contribution is 5.99. The highest BCUT2D eigenvalue weighted by Gasteiger charge is 2.43. The van der Waals surface area contributed by atoms with Crippen LogP contribution in [0.4, 0.5) is 5.82 Å². The third-order valence-corrected chi connectivity index (χ3v) is 3.90. The second-order valence-electron chi connectivity index (χ2n) is 4.85. The maximum Gasteiger partial charge on any atom is 0.278 e. The molecule has 2 heterocycles. The number of aromatic nitrogens is 2. The molecule has 4 N–H and O–H groups in total. The molecule has 3 rings (SSSR count). The number of nitrogens with two attached hydrogens (primary N) is 1. The largest absolute Gasteiger partial charge is 0.376 e. The Balaban J connectivity index is 2.08. The van der Waals surface area contributed by atoms with E-state index in [1.165, 1.54) is 15.8 Å². The summed E-state index contributed by atoms with van der Waals surface area (Å²) in [4.78, 5) is 19.5. The van der Waals surface area contributed by atoms with Crippen molar-refractivity contribution < 1.29 is 15.0 Å². The van der Waals surface area contributed by atoms with Crippen LogP contribution in [-0.2, 0) is 6.73 Å². The van der Waals surface area contributed by atoms with Gasteiger partial charge in [-0.25, -0.2) is 4.98 Å². The monoisotopic (exact) mass is 267 g/mol. The van der Waals surface area contributed by atoms with Crippen LogP contribution in [0.5, 0.6) is 0 Å². The lowest BCUT2D eigenvalue weighted by Crippen LogP contribution is -2.64. The molecule has 0 radical (unpaired) electrons. The molecule has 0 spiro atoms. The minimum Gasteiger partial charge on any atom is -0.376 e. The van der Waals surface area contributed by atoms with E-state index in [-0.39, 0.29) is 18.5 Å². The smallest absolute Gasteiger partial charge is 0.278 e. The van der Waals surface area contributed by atoms with Gasteiger partial charge in [0.25, 0.3) is 5.91 Å². The summed E-state index contributed by atoms with van der Waals surface area (Å²) < 4.78 is 1.36. The number of aliphatic hydroxyl groups excluding tert-OH is 2. The maximum atomic E-state index is 12.3. The van der Waals surface area contributed by atoms with Crippen LogP contribution >= 0.6 is 0 Å². The van der Waals surface area contributed by atoms with Crippen molar-refractivity contribution in [2.45, 2.75) is 38.3 Å². The van der Waals surface area contributed by atoms with E-state index >= 15 is 0 Å². The van der Waals surface area contributed by atoms with Crippen molar-refractivity contribution in [3.8, 4) is 0 Å². The van der Waals surface area contributed by atoms with Crippen molar-refractivity contribution in [3.05, 3.63) is 12.0 Å². The number of anilines is 1. The molecule has 1 saturated carbocycles. The van der Waals surface area contributed by atoms with Gasteiger partial charge < -0.3 is 19.7 Å². The minimum absolute atomic E-state index is 0.234. The first-order chi connectivity index (χ1) is 9.19. The summed E-state index contributed by atoms with van der Waals surface area (Å²) in [6.07, 6.45) is 3.81. The molecule has 0 bridgehead atoms. The quantitative estimate of drug-likeness (QED) is 0.637. The van der Waals surface area contributed by atoms with Crippen LogP contribution in [0.3, 0.4) is 0 Å². The minimum atomic E-state index is -0.711. The number of carbonyl (C=O) groups is 1. The normalized spacial score (nSPS) is 23.5. The van der Waals surface area contributed by atoms with E-state index in [0.717, 1.165) is 19.3 Å². The fourth-order valence-corrected chi connectivity index (χ4v) is 2.62. The molecule has 8 nitrogen and oxygen atoms in total. The predicted molar refractivity (Wildman–Crippen MR) is 65.8 cm³/mol. The SMILES string of the molecule is NC1N(CO)C(=O)c2c(ncn2CO)N1C1CCC1. The number of rotatable bonds is 3. The van der Waals surface area contributed by atoms with E-state index < -0.39 is 18.9 Å². The first-order valence-corrected chi connectivity index (χ1v) is 6.30. The van der Waals surface area contributed by atoms with E-state index in [4.69, 9.17) is 5.73 Å². The molecule has 1 aliphatic heterocycles. The van der Waals surface area contributed by atoms with Crippen molar-refractivity contribution in [3.63, 3.8) is 0 Å². The van der Waals surface area contributed by atoms with Crippen molar-refractivity contribution in [1.29, 1.82) is 0 Å². The number of fused-ring (bicyclic) bond motifs is 1. The number of imidazole rings is 1. The summed E-state index contributed by atoms with van der Waals surface area (Å²) in [6, 6.07) is 0.234. The van der Waals surface area contributed by atoms with Crippen LogP contribution < -0.4 is 10.6 Å². The molecule has 1 atom stereocenters. The van der Waals surface area contributed by atoms with Gasteiger partial charge in [-0.1, -0.05) is 0 Å². The molecule has 1 aromatic rings. The summed E-state index contributed by atoms with van der Waals surface area (Å²) in [6.45, 7) is -0.791. The zero-order valence-corrected chi connectivity index (χ0v) is 10.4. The summed E-state index contributed by atoms with van der Waals surface area (Å²) in [5, 5.41) is 18.6. The average molecular weight is 267 g/mol. The number of carbonyl (C=O) groups excluding carboxylic acids is 1. The molecule has 8 heteroatoms. The zero-order valence-electron chi connectivity index (χ0n) is 10.4. The first-order valence-electron chi connectivity index (χ1n) is 6.30. The fourth-order valence-electron chi connectivity index (χ4n) is 2.62. The molecule has 104 valence electrons. The van der Waals surface area contributed by atoms with Crippen molar-refractivity contribution >= 4 is 11.7 Å². The van der Waals surface area contributed by atoms with Crippen molar-refractivity contribution in [1.82, 2.24) is 14.5 Å². The topological polar surface area (TPSA) is 108 Å². The number of aliphatic hydroxyl groups is 2. The average Bonchev–Trinajstić information content (AvgIpc) is 2.76. The third-order valence-electron chi connectivity index (χ3n) is 3.90. The molecule has 1 aliphatic carbocycles. The van der Waals surface area contributed by atoms with E-state index in [0.29, 0.717) is 5.82 Å². The zero-order chi connectivity index (χ0) is 13.6. The summed E-state index contributed by atoms with van der Waals surface area (Å²) >= 11 is 0. The number of amides is 1. The highest BCUT2D eigenvalue weighted by atomic mass is 16.3. The van der Waals surface area contributed by atoms with Crippen LogP contribution in [0, 0.1) is 0 Å². The maximum absolute atomic E-state index is 12.3. The first kappa shape index (κ1) is 12.4. The summed E-state index contributed by atoms with van der Waals surface area (Å²) in [7, 11) is 0. The molecule has 1 fully saturated rings. The third kappa shape index (κ3) is 1.64. The van der Waals surface area contributed by atoms with Gasteiger partial charge in [0.05, 0.1) is 6.33 Å². The summed E-state index contributed by atoms with van der Waals surface area (Å²) in [5.41, 5.74) is 6.34. The predicted octanol–water partition coefficient (Wildman–Crippen LogP) is -1.16. The number of nitrogens with zero attached hydrogens (tertiary/aromatic N) is 4. The van der Waals surface area contributed by atoms with Crippen LogP contribution in [0.2, 0.25) is 0 Å². The number of hydrogen-bond acceptors (Lipinski definition) is 6. The van der Waals surface area contributed by atoms with Crippen molar-refractivity contribution in [2.75, 3.05) is 11.6 Å². The van der Waals surface area contributed by atoms with Gasteiger partial charge in [0.1, 0.15) is 13.5 Å². The molecular weight excluding hydrogens is 250 g/mol. The number of hydrogen-bond donors (Lipinski definition) is 3. The Bertz CT molecular complexity index is 499. The van der Waals surface area contributed by atoms with Crippen LogP contribution in [0.1, 0.15) is 29.8 Å².